The van der Waals surface area contributed by atoms with E-state index in [0.29, 0.717) is 5.57 Å². The number of ether oxygens (including phenoxy) is 4. The Hall–Kier alpha value is -0.990. The van der Waals surface area contributed by atoms with Crippen LogP contribution in [-0.4, -0.2) is 59.8 Å². The van der Waals surface area contributed by atoms with Crippen molar-refractivity contribution in [2.24, 2.45) is 0 Å². The topological polar surface area (TPSA) is 94.5 Å². The van der Waals surface area contributed by atoms with Crippen LogP contribution in [0, 0.1) is 0 Å². The van der Waals surface area contributed by atoms with Gasteiger partial charge in [-0.2, -0.15) is 0 Å². The summed E-state index contributed by atoms with van der Waals surface area (Å²) in [6.45, 7) is 4.47. The van der Waals surface area contributed by atoms with Gasteiger partial charge in [-0.05, 0) is 25.5 Å². The first kappa shape index (κ1) is 15.4. The third-order valence-corrected chi connectivity index (χ3v) is 3.20. The first-order valence-electron chi connectivity index (χ1n) is 6.46. The number of aliphatic hydroxyl groups excluding tert-OH is 2. The van der Waals surface area contributed by atoms with Crippen molar-refractivity contribution in [2.75, 3.05) is 13.2 Å². The fourth-order valence-electron chi connectivity index (χ4n) is 2.33. The Morgan fingerprint density at radius 3 is 2.65 bits per heavy atom. The molecule has 2 rings (SSSR count). The summed E-state index contributed by atoms with van der Waals surface area (Å²) in [5.41, 5.74) is 0.429. The lowest BCUT2D eigenvalue weighted by molar-refractivity contribution is -0.210. The number of fused-ring (bicyclic) bond motifs is 1. The molecule has 4 atom stereocenters. The molecule has 0 saturated carbocycles. The number of aliphatic hydroxyl groups is 2. The van der Waals surface area contributed by atoms with Crippen LogP contribution in [0.3, 0.4) is 0 Å². The lowest BCUT2D eigenvalue weighted by atomic mass is 10.0. The van der Waals surface area contributed by atoms with Crippen molar-refractivity contribution in [2.45, 2.75) is 51.2 Å². The van der Waals surface area contributed by atoms with Gasteiger partial charge in [0, 0.05) is 6.92 Å². The Kier molecular flexibility index (Phi) is 4.46. The van der Waals surface area contributed by atoms with Gasteiger partial charge in [0.1, 0.15) is 24.9 Å². The molecule has 0 aromatic rings. The van der Waals surface area contributed by atoms with Crippen LogP contribution in [-0.2, 0) is 23.7 Å². The summed E-state index contributed by atoms with van der Waals surface area (Å²) in [6, 6.07) is 0. The minimum atomic E-state index is -0.947. The minimum absolute atomic E-state index is 0.0142. The smallest absolute Gasteiger partial charge is 0.302 e. The van der Waals surface area contributed by atoms with E-state index in [-0.39, 0.29) is 13.2 Å². The largest absolute Gasteiger partial charge is 0.462 e. The lowest BCUT2D eigenvalue weighted by Gasteiger charge is -2.24. The van der Waals surface area contributed by atoms with Gasteiger partial charge in [-0.25, -0.2) is 0 Å². The molecule has 7 heteroatoms. The van der Waals surface area contributed by atoms with Crippen molar-refractivity contribution < 1.29 is 34.0 Å². The van der Waals surface area contributed by atoms with E-state index in [1.54, 1.807) is 13.8 Å². The molecule has 7 nitrogen and oxygen atoms in total. The van der Waals surface area contributed by atoms with Gasteiger partial charge >= 0.3 is 5.97 Å². The van der Waals surface area contributed by atoms with Crippen LogP contribution in [0.5, 0.6) is 0 Å². The van der Waals surface area contributed by atoms with Crippen molar-refractivity contribution in [3.05, 3.63) is 11.6 Å². The van der Waals surface area contributed by atoms with Crippen molar-refractivity contribution >= 4 is 5.97 Å². The van der Waals surface area contributed by atoms with Crippen molar-refractivity contribution in [3.63, 3.8) is 0 Å². The fraction of sp³-hybridized carbons (Fsp3) is 0.769. The van der Waals surface area contributed by atoms with E-state index in [1.165, 1.54) is 13.0 Å². The van der Waals surface area contributed by atoms with E-state index in [4.69, 9.17) is 18.9 Å². The second-order valence-corrected chi connectivity index (χ2v) is 5.26. The summed E-state index contributed by atoms with van der Waals surface area (Å²) in [4.78, 5) is 10.7. The molecule has 0 bridgehead atoms. The Morgan fingerprint density at radius 2 is 2.10 bits per heavy atom. The third kappa shape index (κ3) is 3.18. The molecule has 2 aliphatic rings. The predicted molar refractivity (Wildman–Crippen MR) is 66.5 cm³/mol. The SMILES string of the molecule is CC(=O)OC/C=C(/CO)[C@@H]1O[C@@H]2OC(C)(C)O[C@@H]2[C@@H]1O. The molecular formula is C13H20O7. The molecule has 0 aromatic carbocycles. The summed E-state index contributed by atoms with van der Waals surface area (Å²) in [5, 5.41) is 19.6. The van der Waals surface area contributed by atoms with Crippen molar-refractivity contribution in [3.8, 4) is 0 Å². The summed E-state index contributed by atoms with van der Waals surface area (Å²) in [7, 11) is 0. The maximum absolute atomic E-state index is 10.7. The highest BCUT2D eigenvalue weighted by atomic mass is 16.8. The Balaban J connectivity index is 2.01. The Morgan fingerprint density at radius 1 is 1.40 bits per heavy atom. The number of rotatable bonds is 4. The number of carbonyl (C=O) groups excluding carboxylic acids is 1. The van der Waals surface area contributed by atoms with Gasteiger partial charge in [-0.3, -0.25) is 4.79 Å². The van der Waals surface area contributed by atoms with Gasteiger partial charge in [-0.15, -0.1) is 0 Å². The van der Waals surface area contributed by atoms with E-state index in [1.807, 2.05) is 0 Å². The summed E-state index contributed by atoms with van der Waals surface area (Å²) in [6.07, 6.45) is -1.44. The highest BCUT2D eigenvalue weighted by Crippen LogP contribution is 2.39. The van der Waals surface area contributed by atoms with Crippen molar-refractivity contribution in [1.29, 1.82) is 0 Å². The zero-order valence-electron chi connectivity index (χ0n) is 11.7. The van der Waals surface area contributed by atoms with Gasteiger partial charge in [0.05, 0.1) is 6.61 Å². The summed E-state index contributed by atoms with van der Waals surface area (Å²) < 4.78 is 21.4. The second kappa shape index (κ2) is 5.79. The van der Waals surface area contributed by atoms with Gasteiger partial charge in [0.25, 0.3) is 0 Å². The number of carbonyl (C=O) groups is 1. The van der Waals surface area contributed by atoms with E-state index in [0.717, 1.165) is 0 Å². The maximum atomic E-state index is 10.7. The minimum Gasteiger partial charge on any atom is -0.462 e. The van der Waals surface area contributed by atoms with Gasteiger partial charge < -0.3 is 29.2 Å². The zero-order valence-corrected chi connectivity index (χ0v) is 11.7. The Bertz CT molecular complexity index is 404. The van der Waals surface area contributed by atoms with E-state index in [9.17, 15) is 15.0 Å². The molecule has 2 aliphatic heterocycles. The highest BCUT2D eigenvalue weighted by Gasteiger charge is 2.54. The zero-order chi connectivity index (χ0) is 14.9. The molecular weight excluding hydrogens is 268 g/mol. The van der Waals surface area contributed by atoms with Gasteiger partial charge in [0.15, 0.2) is 12.1 Å². The van der Waals surface area contributed by atoms with Crippen LogP contribution in [0.25, 0.3) is 0 Å². The van der Waals surface area contributed by atoms with Crippen LogP contribution in [0.1, 0.15) is 20.8 Å². The molecule has 114 valence electrons. The molecule has 0 spiro atoms. The molecule has 0 radical (unpaired) electrons. The molecule has 2 heterocycles. The first-order chi connectivity index (χ1) is 9.34. The second-order valence-electron chi connectivity index (χ2n) is 5.26. The first-order valence-corrected chi connectivity index (χ1v) is 6.46. The quantitative estimate of drug-likeness (QED) is 0.542. The molecule has 0 aromatic heterocycles. The fourth-order valence-corrected chi connectivity index (χ4v) is 2.33. The third-order valence-electron chi connectivity index (χ3n) is 3.20. The van der Waals surface area contributed by atoms with E-state index >= 15 is 0 Å². The lowest BCUT2D eigenvalue weighted by Crippen LogP contribution is -2.36. The Labute approximate surface area is 117 Å². The van der Waals surface area contributed by atoms with Crippen molar-refractivity contribution in [1.82, 2.24) is 0 Å². The summed E-state index contributed by atoms with van der Waals surface area (Å²) in [5.74, 6) is -1.22. The predicted octanol–water partition coefficient (Wildman–Crippen LogP) is -0.295. The average molecular weight is 288 g/mol. The molecule has 2 saturated heterocycles. The molecule has 2 fully saturated rings. The number of hydrogen-bond donors (Lipinski definition) is 2. The van der Waals surface area contributed by atoms with Crippen LogP contribution < -0.4 is 0 Å². The average Bonchev–Trinajstić information content (AvgIpc) is 2.79. The van der Waals surface area contributed by atoms with Crippen LogP contribution >= 0.6 is 0 Å². The molecule has 2 N–H and O–H groups in total. The number of esters is 1. The molecule has 0 unspecified atom stereocenters. The maximum Gasteiger partial charge on any atom is 0.302 e. The van der Waals surface area contributed by atoms with Gasteiger partial charge in [-0.1, -0.05) is 0 Å². The van der Waals surface area contributed by atoms with Crippen LogP contribution in [0.4, 0.5) is 0 Å². The van der Waals surface area contributed by atoms with Gasteiger partial charge in [0.2, 0.25) is 0 Å². The van der Waals surface area contributed by atoms with E-state index < -0.39 is 36.4 Å². The standard InChI is InChI=1S/C13H20O7/c1-7(15)17-5-4-8(6-14)10-9(16)11-12(18-10)20-13(2,3)19-11/h4,9-12,14,16H,5-6H2,1-3H3/b8-4-/t9-,10+,11-,12-/m1/s1. The normalized spacial score (nSPS) is 36.0. The van der Waals surface area contributed by atoms with Crippen LogP contribution in [0.15, 0.2) is 11.6 Å². The molecule has 20 heavy (non-hydrogen) atoms. The highest BCUT2D eigenvalue weighted by molar-refractivity contribution is 5.66. The summed E-state index contributed by atoms with van der Waals surface area (Å²) >= 11 is 0. The van der Waals surface area contributed by atoms with E-state index in [2.05, 4.69) is 0 Å². The number of hydrogen-bond acceptors (Lipinski definition) is 7. The molecule has 0 aliphatic carbocycles. The van der Waals surface area contributed by atoms with Crippen LogP contribution in [0.2, 0.25) is 0 Å². The monoisotopic (exact) mass is 288 g/mol. The molecule has 0 amide bonds.